The molecule has 2 aliphatic rings. The van der Waals surface area contributed by atoms with Gasteiger partial charge in [0, 0.05) is 6.54 Å². The zero-order chi connectivity index (χ0) is 13.4. The second kappa shape index (κ2) is 4.68. The van der Waals surface area contributed by atoms with Gasteiger partial charge in [-0.1, -0.05) is 0 Å². The lowest BCUT2D eigenvalue weighted by Gasteiger charge is -2.25. The molecule has 3 rings (SSSR count). The molecule has 1 aromatic heterocycles. The number of nitrogens with zero attached hydrogens (tertiary/aromatic N) is 3. The fourth-order valence-electron chi connectivity index (χ4n) is 2.95. The van der Waals surface area contributed by atoms with E-state index in [1.165, 1.54) is 0 Å². The fraction of sp³-hybridized carbons (Fsp3) is 0.615. The number of amides is 2. The van der Waals surface area contributed by atoms with Crippen molar-refractivity contribution in [1.29, 1.82) is 0 Å². The van der Waals surface area contributed by atoms with E-state index in [0.29, 0.717) is 13.2 Å². The highest BCUT2D eigenvalue weighted by Gasteiger charge is 2.36. The van der Waals surface area contributed by atoms with Crippen LogP contribution in [0.5, 0.6) is 0 Å². The summed E-state index contributed by atoms with van der Waals surface area (Å²) in [5.41, 5.74) is 2.08. The van der Waals surface area contributed by atoms with Gasteiger partial charge in [0.1, 0.15) is 6.54 Å². The number of aryl methyl sites for hydroxylation is 1. The lowest BCUT2D eigenvalue weighted by Crippen LogP contribution is -2.36. The van der Waals surface area contributed by atoms with Crippen molar-refractivity contribution in [3.05, 3.63) is 17.5 Å². The van der Waals surface area contributed by atoms with Crippen LogP contribution in [0, 0.1) is 0 Å². The standard InChI is InChI=1S/C13H18N4O2/c1-2-16-8-17(7-11(16)18)13(19)10-5-3-4-9-6-14-15-12(9)10/h6,10H,2-5,7-8H2,1H3,(H,14,15). The lowest BCUT2D eigenvalue weighted by atomic mass is 9.87. The van der Waals surface area contributed by atoms with E-state index in [2.05, 4.69) is 10.2 Å². The van der Waals surface area contributed by atoms with Crippen molar-refractivity contribution in [1.82, 2.24) is 20.0 Å². The van der Waals surface area contributed by atoms with Crippen molar-refractivity contribution in [2.45, 2.75) is 32.1 Å². The number of hydrogen-bond donors (Lipinski definition) is 1. The van der Waals surface area contributed by atoms with E-state index in [1.807, 2.05) is 13.1 Å². The molecule has 1 N–H and O–H groups in total. The number of aromatic nitrogens is 2. The van der Waals surface area contributed by atoms with Crippen molar-refractivity contribution in [3.8, 4) is 0 Å². The quantitative estimate of drug-likeness (QED) is 0.842. The van der Waals surface area contributed by atoms with Gasteiger partial charge in [-0.25, -0.2) is 0 Å². The van der Waals surface area contributed by atoms with Crippen LogP contribution in [0.4, 0.5) is 0 Å². The molecule has 0 radical (unpaired) electrons. The van der Waals surface area contributed by atoms with Crippen molar-refractivity contribution in [3.63, 3.8) is 0 Å². The molecule has 1 aliphatic carbocycles. The van der Waals surface area contributed by atoms with E-state index in [-0.39, 0.29) is 24.3 Å². The number of aromatic amines is 1. The van der Waals surface area contributed by atoms with Gasteiger partial charge in [0.25, 0.3) is 0 Å². The highest BCUT2D eigenvalue weighted by atomic mass is 16.2. The average molecular weight is 262 g/mol. The zero-order valence-corrected chi connectivity index (χ0v) is 11.1. The van der Waals surface area contributed by atoms with Crippen LogP contribution < -0.4 is 0 Å². The number of likely N-dealkylation sites (N-methyl/N-ethyl adjacent to an activating group) is 1. The molecule has 1 aromatic rings. The molecule has 2 heterocycles. The number of nitrogens with one attached hydrogen (secondary N) is 1. The molecule has 6 heteroatoms. The summed E-state index contributed by atoms with van der Waals surface area (Å²) in [5.74, 6) is -0.0677. The molecule has 2 amide bonds. The van der Waals surface area contributed by atoms with Gasteiger partial charge in [-0.3, -0.25) is 14.7 Å². The topological polar surface area (TPSA) is 69.3 Å². The minimum Gasteiger partial charge on any atom is -0.324 e. The summed E-state index contributed by atoms with van der Waals surface area (Å²) in [4.78, 5) is 27.6. The zero-order valence-electron chi connectivity index (χ0n) is 11.1. The van der Waals surface area contributed by atoms with Gasteiger partial charge in [-0.05, 0) is 31.7 Å². The molecule has 1 aliphatic heterocycles. The number of carbonyl (C=O) groups is 2. The van der Waals surface area contributed by atoms with E-state index in [0.717, 1.165) is 30.5 Å². The highest BCUT2D eigenvalue weighted by Crippen LogP contribution is 2.31. The maximum atomic E-state index is 12.6. The molecule has 6 nitrogen and oxygen atoms in total. The highest BCUT2D eigenvalue weighted by molar-refractivity contribution is 5.91. The molecule has 0 bridgehead atoms. The Labute approximate surface area is 111 Å². The Morgan fingerprint density at radius 2 is 2.42 bits per heavy atom. The molecule has 19 heavy (non-hydrogen) atoms. The van der Waals surface area contributed by atoms with Gasteiger partial charge in [0.15, 0.2) is 0 Å². The van der Waals surface area contributed by atoms with Crippen molar-refractivity contribution < 1.29 is 9.59 Å². The maximum absolute atomic E-state index is 12.6. The minimum absolute atomic E-state index is 0.0384. The molecule has 1 unspecified atom stereocenters. The Balaban J connectivity index is 1.78. The predicted octanol–water partition coefficient (Wildman–Crippen LogP) is 0.478. The number of H-pyrrole nitrogens is 1. The van der Waals surface area contributed by atoms with E-state index < -0.39 is 0 Å². The minimum atomic E-state index is -0.157. The van der Waals surface area contributed by atoms with Crippen LogP contribution in [0.2, 0.25) is 0 Å². The third kappa shape index (κ3) is 2.01. The summed E-state index contributed by atoms with van der Waals surface area (Å²) >= 11 is 0. The Bertz CT molecular complexity index is 510. The first-order valence-electron chi connectivity index (χ1n) is 6.79. The van der Waals surface area contributed by atoms with Crippen LogP contribution in [0.15, 0.2) is 6.20 Å². The average Bonchev–Trinajstić information content (AvgIpc) is 3.03. The van der Waals surface area contributed by atoms with Gasteiger partial charge < -0.3 is 9.80 Å². The Morgan fingerprint density at radius 3 is 3.16 bits per heavy atom. The van der Waals surface area contributed by atoms with Crippen LogP contribution in [0.3, 0.4) is 0 Å². The third-order valence-corrected chi connectivity index (χ3v) is 4.05. The summed E-state index contributed by atoms with van der Waals surface area (Å²) in [5, 5.41) is 6.99. The van der Waals surface area contributed by atoms with Crippen LogP contribution in [-0.2, 0) is 16.0 Å². The first-order chi connectivity index (χ1) is 9.20. The second-order valence-electron chi connectivity index (χ2n) is 5.18. The largest absolute Gasteiger partial charge is 0.324 e. The van der Waals surface area contributed by atoms with Gasteiger partial charge >= 0.3 is 0 Å². The van der Waals surface area contributed by atoms with Crippen LogP contribution in [0.1, 0.15) is 36.9 Å². The molecule has 102 valence electrons. The van der Waals surface area contributed by atoms with Crippen LogP contribution in [0.25, 0.3) is 0 Å². The number of carbonyl (C=O) groups excluding carboxylic acids is 2. The van der Waals surface area contributed by atoms with Gasteiger partial charge in [0.05, 0.1) is 24.5 Å². The Morgan fingerprint density at radius 1 is 1.58 bits per heavy atom. The summed E-state index contributed by atoms with van der Waals surface area (Å²) < 4.78 is 0. The monoisotopic (exact) mass is 262 g/mol. The summed E-state index contributed by atoms with van der Waals surface area (Å²) in [6.07, 6.45) is 4.63. The number of hydrogen-bond acceptors (Lipinski definition) is 3. The van der Waals surface area contributed by atoms with Crippen LogP contribution in [-0.4, -0.2) is 51.6 Å². The third-order valence-electron chi connectivity index (χ3n) is 4.05. The first kappa shape index (κ1) is 12.2. The Kier molecular flexibility index (Phi) is 3.00. The molecule has 0 aromatic carbocycles. The van der Waals surface area contributed by atoms with Gasteiger partial charge in [-0.2, -0.15) is 5.10 Å². The summed E-state index contributed by atoms with van der Waals surface area (Å²) in [6.45, 7) is 3.23. The predicted molar refractivity (Wildman–Crippen MR) is 68.2 cm³/mol. The first-order valence-corrected chi connectivity index (χ1v) is 6.79. The molecule has 0 spiro atoms. The molecule has 1 saturated heterocycles. The van der Waals surface area contributed by atoms with Crippen molar-refractivity contribution >= 4 is 11.8 Å². The van der Waals surface area contributed by atoms with Crippen LogP contribution >= 0.6 is 0 Å². The fourth-order valence-corrected chi connectivity index (χ4v) is 2.95. The number of rotatable bonds is 2. The van der Waals surface area contributed by atoms with E-state index in [9.17, 15) is 9.59 Å². The summed E-state index contributed by atoms with van der Waals surface area (Å²) in [7, 11) is 0. The van der Waals surface area contributed by atoms with E-state index in [4.69, 9.17) is 0 Å². The molecular weight excluding hydrogens is 244 g/mol. The molecule has 1 atom stereocenters. The van der Waals surface area contributed by atoms with E-state index >= 15 is 0 Å². The van der Waals surface area contributed by atoms with Gasteiger partial charge in [0.2, 0.25) is 11.8 Å². The smallest absolute Gasteiger partial charge is 0.243 e. The maximum Gasteiger partial charge on any atom is 0.243 e. The van der Waals surface area contributed by atoms with Crippen molar-refractivity contribution in [2.75, 3.05) is 19.8 Å². The molecular formula is C13H18N4O2. The van der Waals surface area contributed by atoms with Gasteiger partial charge in [-0.15, -0.1) is 0 Å². The SMILES string of the molecule is CCN1CN(C(=O)C2CCCc3cn[nH]c32)CC1=O. The van der Waals surface area contributed by atoms with E-state index in [1.54, 1.807) is 9.80 Å². The van der Waals surface area contributed by atoms with Crippen molar-refractivity contribution in [2.24, 2.45) is 0 Å². The Hall–Kier alpha value is -1.85. The number of fused-ring (bicyclic) bond motifs is 1. The second-order valence-corrected chi connectivity index (χ2v) is 5.18. The normalized spacial score (nSPS) is 22.8. The molecule has 1 fully saturated rings. The summed E-state index contributed by atoms with van der Waals surface area (Å²) in [6, 6.07) is 0. The molecule has 0 saturated carbocycles. The lowest BCUT2D eigenvalue weighted by molar-refractivity contribution is -0.133.